The lowest BCUT2D eigenvalue weighted by molar-refractivity contribution is -0.130. The van der Waals surface area contributed by atoms with Crippen LogP contribution in [0.25, 0.3) is 0 Å². The highest BCUT2D eigenvalue weighted by Gasteiger charge is 2.23. The van der Waals surface area contributed by atoms with Gasteiger partial charge >= 0.3 is 0 Å². The summed E-state index contributed by atoms with van der Waals surface area (Å²) in [4.78, 5) is 28.0. The Labute approximate surface area is 150 Å². The number of phenolic OH excluding ortho intramolecular Hbond substituents is 1. The quantitative estimate of drug-likeness (QED) is 0.235. The van der Waals surface area contributed by atoms with Crippen LogP contribution in [0.15, 0.2) is 29.3 Å². The second kappa shape index (κ2) is 10.2. The molecule has 0 aliphatic rings. The Hall–Kier alpha value is -2.77. The number of guanidine groups is 1. The minimum absolute atomic E-state index is 0. The lowest BCUT2D eigenvalue weighted by Gasteiger charge is -2.20. The average molecular weight is 353 g/mol. The molecule has 0 aliphatic heterocycles. The largest absolute Gasteiger partial charge is 0.508 e. The van der Waals surface area contributed by atoms with Gasteiger partial charge in [0.05, 0.1) is 0 Å². The smallest absolute Gasteiger partial charge is 0.240 e. The predicted octanol–water partition coefficient (Wildman–Crippen LogP) is 0.477. The summed E-state index contributed by atoms with van der Waals surface area (Å²) in [7, 11) is 0. The standard InChI is InChI=1S/C17H27N5O3.2H2/c1-2-12(4-3-9-21-17(19)20)16(25)22-14(15(18)24)10-11-5-7-13(23)8-6-11;;/h5-8,12,14,23H,2-4,9-10H2,1H3,(H2,18,24)(H,22,25)(H4,19,20,21);2*1H/t12-,14-;;/m0../s1. The fourth-order valence-corrected chi connectivity index (χ4v) is 2.45. The highest BCUT2D eigenvalue weighted by Crippen LogP contribution is 2.14. The molecule has 142 valence electrons. The molecule has 2 atom stereocenters. The Morgan fingerprint density at radius 2 is 1.88 bits per heavy atom. The second-order valence-corrected chi connectivity index (χ2v) is 5.89. The molecule has 0 spiro atoms. The van der Waals surface area contributed by atoms with Gasteiger partial charge in [-0.1, -0.05) is 19.1 Å². The Bertz CT molecular complexity index is 607. The Balaban J connectivity index is 0. The Morgan fingerprint density at radius 1 is 1.24 bits per heavy atom. The van der Waals surface area contributed by atoms with Gasteiger partial charge in [0, 0.05) is 21.7 Å². The zero-order valence-corrected chi connectivity index (χ0v) is 14.4. The van der Waals surface area contributed by atoms with E-state index in [2.05, 4.69) is 10.3 Å². The monoisotopic (exact) mass is 353 g/mol. The van der Waals surface area contributed by atoms with Crippen LogP contribution in [-0.4, -0.2) is 35.5 Å². The van der Waals surface area contributed by atoms with Gasteiger partial charge in [-0.05, 0) is 37.0 Å². The van der Waals surface area contributed by atoms with E-state index in [1.165, 1.54) is 12.1 Å². The van der Waals surface area contributed by atoms with Crippen LogP contribution in [0.1, 0.15) is 34.6 Å². The topological polar surface area (TPSA) is 157 Å². The van der Waals surface area contributed by atoms with Crippen molar-refractivity contribution >= 4 is 17.8 Å². The number of carbonyl (C=O) groups is 2. The van der Waals surface area contributed by atoms with Crippen LogP contribution in [-0.2, 0) is 16.0 Å². The summed E-state index contributed by atoms with van der Waals surface area (Å²) >= 11 is 0. The van der Waals surface area contributed by atoms with E-state index in [1.807, 2.05) is 6.92 Å². The Kier molecular flexibility index (Phi) is 8.25. The third kappa shape index (κ3) is 7.56. The molecule has 0 bridgehead atoms. The molecule has 0 saturated heterocycles. The van der Waals surface area contributed by atoms with Gasteiger partial charge < -0.3 is 27.6 Å². The van der Waals surface area contributed by atoms with Crippen LogP contribution in [0.5, 0.6) is 5.75 Å². The molecule has 8 nitrogen and oxygen atoms in total. The minimum Gasteiger partial charge on any atom is -0.508 e. The molecule has 25 heavy (non-hydrogen) atoms. The zero-order valence-electron chi connectivity index (χ0n) is 14.4. The van der Waals surface area contributed by atoms with E-state index in [9.17, 15) is 14.7 Å². The summed E-state index contributed by atoms with van der Waals surface area (Å²) in [5.74, 6) is -0.891. The van der Waals surface area contributed by atoms with Gasteiger partial charge in [0.1, 0.15) is 11.8 Å². The fourth-order valence-electron chi connectivity index (χ4n) is 2.45. The molecule has 0 heterocycles. The lowest BCUT2D eigenvalue weighted by atomic mass is 9.98. The highest BCUT2D eigenvalue weighted by atomic mass is 16.3. The van der Waals surface area contributed by atoms with Crippen LogP contribution in [0.3, 0.4) is 0 Å². The number of nitrogens with two attached hydrogens (primary N) is 3. The predicted molar refractivity (Wildman–Crippen MR) is 101 cm³/mol. The number of hydrogen-bond acceptors (Lipinski definition) is 4. The van der Waals surface area contributed by atoms with Crippen molar-refractivity contribution in [3.8, 4) is 5.75 Å². The molecule has 0 aromatic heterocycles. The van der Waals surface area contributed by atoms with E-state index in [0.29, 0.717) is 25.8 Å². The Morgan fingerprint density at radius 3 is 2.40 bits per heavy atom. The van der Waals surface area contributed by atoms with E-state index >= 15 is 0 Å². The van der Waals surface area contributed by atoms with Gasteiger partial charge in [-0.25, -0.2) is 0 Å². The number of nitrogens with one attached hydrogen (secondary N) is 1. The first-order chi connectivity index (χ1) is 11.8. The van der Waals surface area contributed by atoms with Crippen molar-refractivity contribution in [3.05, 3.63) is 29.8 Å². The van der Waals surface area contributed by atoms with Crippen molar-refractivity contribution < 1.29 is 17.5 Å². The van der Waals surface area contributed by atoms with E-state index in [0.717, 1.165) is 5.56 Å². The van der Waals surface area contributed by atoms with Gasteiger partial charge in [0.2, 0.25) is 11.8 Å². The van der Waals surface area contributed by atoms with Crippen molar-refractivity contribution in [1.82, 2.24) is 5.32 Å². The first-order valence-corrected chi connectivity index (χ1v) is 8.26. The maximum Gasteiger partial charge on any atom is 0.240 e. The molecular weight excluding hydrogens is 322 g/mol. The highest BCUT2D eigenvalue weighted by molar-refractivity contribution is 5.87. The maximum absolute atomic E-state index is 12.4. The molecule has 1 aromatic rings. The molecule has 0 fully saturated rings. The molecule has 0 unspecified atom stereocenters. The normalized spacial score (nSPS) is 12.8. The number of amides is 2. The van der Waals surface area contributed by atoms with E-state index < -0.39 is 11.9 Å². The zero-order chi connectivity index (χ0) is 18.8. The molecule has 8 N–H and O–H groups in total. The molecule has 0 radical (unpaired) electrons. The van der Waals surface area contributed by atoms with Crippen molar-refractivity contribution in [3.63, 3.8) is 0 Å². The third-order valence-electron chi connectivity index (χ3n) is 3.90. The summed E-state index contributed by atoms with van der Waals surface area (Å²) in [6.07, 6.45) is 2.19. The van der Waals surface area contributed by atoms with Crippen LogP contribution in [0.4, 0.5) is 0 Å². The summed E-state index contributed by atoms with van der Waals surface area (Å²) in [6.45, 7) is 2.36. The van der Waals surface area contributed by atoms with Crippen LogP contribution >= 0.6 is 0 Å². The molecule has 2 amide bonds. The molecule has 1 rings (SSSR count). The van der Waals surface area contributed by atoms with E-state index in [-0.39, 0.29) is 32.8 Å². The molecule has 0 aliphatic carbocycles. The van der Waals surface area contributed by atoms with Crippen LogP contribution < -0.4 is 22.5 Å². The first-order valence-electron chi connectivity index (χ1n) is 8.26. The summed E-state index contributed by atoms with van der Waals surface area (Å²) in [6, 6.07) is 5.61. The molecule has 8 heteroatoms. The number of nitrogens with zero attached hydrogens (tertiary/aromatic N) is 1. The minimum atomic E-state index is -0.802. The second-order valence-electron chi connectivity index (χ2n) is 5.89. The summed E-state index contributed by atoms with van der Waals surface area (Å²) < 4.78 is 0. The first kappa shape index (κ1) is 20.3. The number of carbonyl (C=O) groups excluding carboxylic acids is 2. The van der Waals surface area contributed by atoms with Crippen LogP contribution in [0, 0.1) is 5.92 Å². The van der Waals surface area contributed by atoms with E-state index in [1.54, 1.807) is 12.1 Å². The number of hydrogen-bond donors (Lipinski definition) is 5. The van der Waals surface area contributed by atoms with E-state index in [4.69, 9.17) is 17.2 Å². The maximum atomic E-state index is 12.4. The van der Waals surface area contributed by atoms with Gasteiger partial charge in [-0.15, -0.1) is 0 Å². The van der Waals surface area contributed by atoms with Crippen molar-refractivity contribution in [2.24, 2.45) is 28.1 Å². The molecule has 1 aromatic carbocycles. The number of phenols is 1. The number of aromatic hydroxyl groups is 1. The van der Waals surface area contributed by atoms with Crippen LogP contribution in [0.2, 0.25) is 0 Å². The number of rotatable bonds is 10. The van der Waals surface area contributed by atoms with Gasteiger partial charge in [0.15, 0.2) is 5.96 Å². The van der Waals surface area contributed by atoms with Gasteiger partial charge in [-0.2, -0.15) is 0 Å². The molecule has 0 saturated carbocycles. The average Bonchev–Trinajstić information content (AvgIpc) is 2.55. The lowest BCUT2D eigenvalue weighted by Crippen LogP contribution is -2.47. The fraction of sp³-hybridized carbons (Fsp3) is 0.471. The number of aliphatic imine (C=N–C) groups is 1. The molecular formula is C17H31N5O3. The SMILES string of the molecule is CC[C@@H](CCCN=C(N)N)C(=O)N[C@@H](Cc1ccc(O)cc1)C(N)=O.[HH].[HH]. The number of benzene rings is 1. The van der Waals surface area contributed by atoms with Crippen molar-refractivity contribution in [2.75, 3.05) is 6.54 Å². The van der Waals surface area contributed by atoms with Gasteiger partial charge in [0.25, 0.3) is 0 Å². The number of primary amides is 1. The van der Waals surface area contributed by atoms with Crippen molar-refractivity contribution in [2.45, 2.75) is 38.6 Å². The third-order valence-corrected chi connectivity index (χ3v) is 3.90. The van der Waals surface area contributed by atoms with Crippen molar-refractivity contribution in [1.29, 1.82) is 0 Å². The van der Waals surface area contributed by atoms with Gasteiger partial charge in [-0.3, -0.25) is 14.6 Å². The summed E-state index contributed by atoms with van der Waals surface area (Å²) in [5, 5.41) is 12.0. The summed E-state index contributed by atoms with van der Waals surface area (Å²) in [5.41, 5.74) is 16.7.